The van der Waals surface area contributed by atoms with Crippen LogP contribution in [0.5, 0.6) is 0 Å². The number of nitrogen functional groups attached to an aromatic ring is 1. The number of morpholine rings is 1. The predicted molar refractivity (Wildman–Crippen MR) is 149 cm³/mol. The smallest absolute Gasteiger partial charge is 0.315 e. The fourth-order valence-electron chi connectivity index (χ4n) is 4.31. The third-order valence-corrected chi connectivity index (χ3v) is 7.20. The summed E-state index contributed by atoms with van der Waals surface area (Å²) < 4.78 is 5.44. The zero-order valence-corrected chi connectivity index (χ0v) is 21.8. The van der Waals surface area contributed by atoms with E-state index in [2.05, 4.69) is 33.0 Å². The van der Waals surface area contributed by atoms with E-state index in [0.29, 0.717) is 23.5 Å². The Balaban J connectivity index is 1.35. The largest absolute Gasteiger partial charge is 0.396 e. The average Bonchev–Trinajstić information content (AvgIpc) is 3.33. The van der Waals surface area contributed by atoms with Gasteiger partial charge in [-0.1, -0.05) is 42.5 Å². The minimum atomic E-state index is -0.216. The average molecular weight is 522 g/mol. The van der Waals surface area contributed by atoms with Crippen LogP contribution in [0.4, 0.5) is 16.2 Å². The summed E-state index contributed by atoms with van der Waals surface area (Å²) >= 11 is 1.44. The number of hydrogen-bond acceptors (Lipinski definition) is 6. The van der Waals surface area contributed by atoms with Crippen molar-refractivity contribution in [2.45, 2.75) is 25.3 Å². The van der Waals surface area contributed by atoms with E-state index in [-0.39, 0.29) is 18.0 Å². The molecule has 9 heteroatoms. The van der Waals surface area contributed by atoms with Crippen LogP contribution in [0.1, 0.15) is 40.4 Å². The topological polar surface area (TPSA) is 109 Å². The van der Waals surface area contributed by atoms with Gasteiger partial charge in [0.15, 0.2) is 0 Å². The number of benzene rings is 2. The molecule has 8 nitrogen and oxygen atoms in total. The molecule has 1 saturated heterocycles. The van der Waals surface area contributed by atoms with Crippen molar-refractivity contribution in [1.82, 2.24) is 15.5 Å². The highest BCUT2D eigenvalue weighted by Gasteiger charge is 2.17. The van der Waals surface area contributed by atoms with Gasteiger partial charge in [0.1, 0.15) is 0 Å². The van der Waals surface area contributed by atoms with Gasteiger partial charge < -0.3 is 26.4 Å². The second-order valence-corrected chi connectivity index (χ2v) is 9.85. The van der Waals surface area contributed by atoms with Gasteiger partial charge >= 0.3 is 6.03 Å². The van der Waals surface area contributed by atoms with E-state index in [9.17, 15) is 9.59 Å². The van der Waals surface area contributed by atoms with Gasteiger partial charge in [0.2, 0.25) is 0 Å². The Labute approximate surface area is 222 Å². The highest BCUT2D eigenvalue weighted by Crippen LogP contribution is 2.24. The van der Waals surface area contributed by atoms with E-state index in [0.717, 1.165) is 57.7 Å². The molecule has 1 atom stereocenters. The molecule has 4 rings (SSSR count). The van der Waals surface area contributed by atoms with Crippen LogP contribution in [-0.2, 0) is 11.2 Å². The molecule has 0 bridgehead atoms. The van der Waals surface area contributed by atoms with Crippen molar-refractivity contribution in [1.29, 1.82) is 0 Å². The number of carbonyl (C=O) groups excluding carboxylic acids is 2. The van der Waals surface area contributed by atoms with Gasteiger partial charge in [0.05, 0.1) is 30.6 Å². The first-order valence-corrected chi connectivity index (χ1v) is 13.6. The van der Waals surface area contributed by atoms with E-state index in [4.69, 9.17) is 10.5 Å². The molecule has 1 aromatic heterocycles. The molecule has 2 aromatic carbocycles. The number of nitrogens with zero attached hydrogens (tertiary/aromatic N) is 1. The van der Waals surface area contributed by atoms with Crippen molar-refractivity contribution in [2.75, 3.05) is 50.4 Å². The number of thiophene rings is 1. The Morgan fingerprint density at radius 2 is 1.78 bits per heavy atom. The molecule has 0 spiro atoms. The molecule has 2 heterocycles. The molecule has 1 fully saturated rings. The summed E-state index contributed by atoms with van der Waals surface area (Å²) in [5, 5.41) is 12.6. The maximum Gasteiger partial charge on any atom is 0.315 e. The summed E-state index contributed by atoms with van der Waals surface area (Å²) in [7, 11) is 0. The first-order chi connectivity index (χ1) is 18.1. The number of rotatable bonds is 11. The van der Waals surface area contributed by atoms with Gasteiger partial charge in [-0.3, -0.25) is 9.69 Å². The highest BCUT2D eigenvalue weighted by molar-refractivity contribution is 7.09. The maximum atomic E-state index is 12.7. The Kier molecular flexibility index (Phi) is 9.93. The molecule has 3 amide bonds. The normalized spacial score (nSPS) is 14.6. The SMILES string of the molecule is Nc1cscc1NC(=O)c1ccc(C(CCCN2CCOCC2)NC(=O)NCCc2ccccc2)cc1. The van der Waals surface area contributed by atoms with Gasteiger partial charge in [-0.05, 0) is 49.1 Å². The van der Waals surface area contributed by atoms with Gasteiger partial charge in [-0.25, -0.2) is 4.79 Å². The van der Waals surface area contributed by atoms with E-state index in [1.807, 2.05) is 35.7 Å². The van der Waals surface area contributed by atoms with Crippen LogP contribution >= 0.6 is 11.3 Å². The van der Waals surface area contributed by atoms with Crippen LogP contribution in [0.3, 0.4) is 0 Å². The molecule has 0 saturated carbocycles. The highest BCUT2D eigenvalue weighted by atomic mass is 32.1. The van der Waals surface area contributed by atoms with Gasteiger partial charge in [0, 0.05) is 36.0 Å². The summed E-state index contributed by atoms with van der Waals surface area (Å²) in [5.41, 5.74) is 9.74. The maximum absolute atomic E-state index is 12.7. The van der Waals surface area contributed by atoms with Crippen LogP contribution in [0.25, 0.3) is 0 Å². The molecule has 0 radical (unpaired) electrons. The van der Waals surface area contributed by atoms with Crippen LogP contribution < -0.4 is 21.7 Å². The number of nitrogens with two attached hydrogens (primary N) is 1. The first kappa shape index (κ1) is 26.7. The lowest BCUT2D eigenvalue weighted by molar-refractivity contribution is 0.0369. The molecule has 1 unspecified atom stereocenters. The van der Waals surface area contributed by atoms with Gasteiger partial charge in [-0.15, -0.1) is 11.3 Å². The fourth-order valence-corrected chi connectivity index (χ4v) is 4.98. The zero-order chi connectivity index (χ0) is 25.9. The number of hydrogen-bond donors (Lipinski definition) is 4. The van der Waals surface area contributed by atoms with Crippen molar-refractivity contribution >= 4 is 34.6 Å². The number of carbonyl (C=O) groups is 2. The molecular weight excluding hydrogens is 486 g/mol. The monoisotopic (exact) mass is 521 g/mol. The van der Waals surface area contributed by atoms with Crippen molar-refractivity contribution in [2.24, 2.45) is 0 Å². The molecule has 5 N–H and O–H groups in total. The van der Waals surface area contributed by atoms with Gasteiger partial charge in [-0.2, -0.15) is 0 Å². The van der Waals surface area contributed by atoms with E-state index in [1.54, 1.807) is 17.5 Å². The number of ether oxygens (including phenoxy) is 1. The van der Waals surface area contributed by atoms with E-state index in [1.165, 1.54) is 16.9 Å². The van der Waals surface area contributed by atoms with Crippen molar-refractivity contribution in [3.63, 3.8) is 0 Å². The third kappa shape index (κ3) is 8.31. The molecule has 1 aliphatic heterocycles. The lowest BCUT2D eigenvalue weighted by Gasteiger charge is -2.27. The molecule has 3 aromatic rings. The molecule has 1 aliphatic rings. The minimum absolute atomic E-state index is 0.164. The van der Waals surface area contributed by atoms with E-state index >= 15 is 0 Å². The summed E-state index contributed by atoms with van der Waals surface area (Å²) in [5.74, 6) is -0.216. The lowest BCUT2D eigenvalue weighted by Crippen LogP contribution is -2.40. The van der Waals surface area contributed by atoms with Crippen molar-refractivity contribution in [3.05, 3.63) is 82.0 Å². The third-order valence-electron chi connectivity index (χ3n) is 6.43. The second kappa shape index (κ2) is 13.8. The summed E-state index contributed by atoms with van der Waals surface area (Å²) in [6.07, 6.45) is 2.50. The Morgan fingerprint density at radius 3 is 2.49 bits per heavy atom. The first-order valence-electron chi connectivity index (χ1n) is 12.7. The van der Waals surface area contributed by atoms with E-state index < -0.39 is 0 Å². The van der Waals surface area contributed by atoms with Crippen molar-refractivity contribution < 1.29 is 14.3 Å². The molecular formula is C28H35N5O3S. The number of nitrogens with one attached hydrogen (secondary N) is 3. The summed E-state index contributed by atoms with van der Waals surface area (Å²) in [4.78, 5) is 27.8. The summed E-state index contributed by atoms with van der Waals surface area (Å²) in [6, 6.07) is 17.1. The van der Waals surface area contributed by atoms with Crippen molar-refractivity contribution in [3.8, 4) is 0 Å². The molecule has 196 valence electrons. The standard InChI is InChI=1S/C28H35N5O3S/c29-24-19-37-20-26(24)31-27(34)23-10-8-22(9-11-23)25(7-4-14-33-15-17-36-18-16-33)32-28(35)30-13-12-21-5-2-1-3-6-21/h1-3,5-6,8-11,19-20,25H,4,7,12-18,29H2,(H,31,34)(H2,30,32,35). The zero-order valence-electron chi connectivity index (χ0n) is 20.9. The summed E-state index contributed by atoms with van der Waals surface area (Å²) in [6.45, 7) is 4.94. The minimum Gasteiger partial charge on any atom is -0.396 e. The van der Waals surface area contributed by atoms with Crippen LogP contribution in [0.15, 0.2) is 65.4 Å². The number of urea groups is 1. The lowest BCUT2D eigenvalue weighted by atomic mass is 10.00. The number of anilines is 2. The predicted octanol–water partition coefficient (Wildman–Crippen LogP) is 4.28. The number of amides is 3. The van der Waals surface area contributed by atoms with Gasteiger partial charge in [0.25, 0.3) is 5.91 Å². The Bertz CT molecular complexity index is 1130. The Morgan fingerprint density at radius 1 is 1.03 bits per heavy atom. The molecule has 0 aliphatic carbocycles. The van der Waals surface area contributed by atoms with Crippen LogP contribution in [-0.4, -0.2) is 56.2 Å². The second-order valence-electron chi connectivity index (χ2n) is 9.10. The fraction of sp³-hybridized carbons (Fsp3) is 0.357. The quantitative estimate of drug-likeness (QED) is 0.301. The Hall–Kier alpha value is -3.40. The molecule has 37 heavy (non-hydrogen) atoms. The van der Waals surface area contributed by atoms with Crippen LogP contribution in [0, 0.1) is 0 Å². The van der Waals surface area contributed by atoms with Crippen LogP contribution in [0.2, 0.25) is 0 Å².